The van der Waals surface area contributed by atoms with Crippen molar-refractivity contribution in [3.8, 4) is 0 Å². The van der Waals surface area contributed by atoms with E-state index in [4.69, 9.17) is 4.42 Å². The van der Waals surface area contributed by atoms with Crippen LogP contribution in [0.25, 0.3) is 0 Å². The summed E-state index contributed by atoms with van der Waals surface area (Å²) in [6.07, 6.45) is 3.60. The van der Waals surface area contributed by atoms with Gasteiger partial charge in [-0.15, -0.1) is 0 Å². The molecule has 0 saturated carbocycles. The fourth-order valence-corrected chi connectivity index (χ4v) is 1.60. The summed E-state index contributed by atoms with van der Waals surface area (Å²) in [5, 5.41) is 0. The molecule has 0 spiro atoms. The second kappa shape index (κ2) is 4.35. The molecule has 0 N–H and O–H groups in total. The summed E-state index contributed by atoms with van der Waals surface area (Å²) in [6, 6.07) is 7.62. The molecule has 0 fully saturated rings. The van der Waals surface area contributed by atoms with Crippen molar-refractivity contribution in [2.75, 3.05) is 0 Å². The van der Waals surface area contributed by atoms with E-state index in [9.17, 15) is 4.79 Å². The molecule has 2 nitrogen and oxygen atoms in total. The number of carbonyl (C=O) groups excluding carboxylic acids is 1. The third kappa shape index (κ3) is 2.22. The van der Waals surface area contributed by atoms with Crippen molar-refractivity contribution in [2.45, 2.75) is 20.3 Å². The van der Waals surface area contributed by atoms with E-state index in [-0.39, 0.29) is 5.78 Å². The molecule has 0 unspecified atom stereocenters. The number of aryl methyl sites for hydroxylation is 2. The summed E-state index contributed by atoms with van der Waals surface area (Å²) in [5.74, 6) is 0.129. The Kier molecular flexibility index (Phi) is 2.91. The van der Waals surface area contributed by atoms with Crippen LogP contribution in [0.4, 0.5) is 0 Å². The SMILES string of the molecule is Cc1ccc(C(=O)Cc2ccoc2)cc1C. The normalized spacial score (nSPS) is 10.4. The molecular weight excluding hydrogens is 200 g/mol. The predicted octanol–water partition coefficient (Wildman–Crippen LogP) is 3.32. The summed E-state index contributed by atoms with van der Waals surface area (Å²) < 4.78 is 4.94. The topological polar surface area (TPSA) is 30.2 Å². The highest BCUT2D eigenvalue weighted by molar-refractivity contribution is 5.97. The van der Waals surface area contributed by atoms with Gasteiger partial charge in [-0.25, -0.2) is 0 Å². The number of furan rings is 1. The van der Waals surface area contributed by atoms with Crippen molar-refractivity contribution in [1.29, 1.82) is 0 Å². The highest BCUT2D eigenvalue weighted by atomic mass is 16.3. The van der Waals surface area contributed by atoms with Crippen LogP contribution in [0.15, 0.2) is 41.2 Å². The van der Waals surface area contributed by atoms with Gasteiger partial charge < -0.3 is 4.42 Å². The van der Waals surface area contributed by atoms with E-state index in [1.807, 2.05) is 38.1 Å². The lowest BCUT2D eigenvalue weighted by molar-refractivity contribution is 0.0992. The molecule has 0 aliphatic heterocycles. The van der Waals surface area contributed by atoms with Crippen LogP contribution in [0, 0.1) is 13.8 Å². The van der Waals surface area contributed by atoms with Gasteiger partial charge in [0.1, 0.15) is 0 Å². The molecule has 1 heterocycles. The van der Waals surface area contributed by atoms with Gasteiger partial charge in [0.25, 0.3) is 0 Å². The van der Waals surface area contributed by atoms with E-state index in [0.717, 1.165) is 16.7 Å². The molecule has 0 bridgehead atoms. The molecule has 0 radical (unpaired) electrons. The van der Waals surface area contributed by atoms with Crippen molar-refractivity contribution in [2.24, 2.45) is 0 Å². The van der Waals surface area contributed by atoms with Crippen LogP contribution in [0.2, 0.25) is 0 Å². The molecule has 16 heavy (non-hydrogen) atoms. The lowest BCUT2D eigenvalue weighted by Crippen LogP contribution is -2.03. The minimum atomic E-state index is 0.129. The molecule has 0 saturated heterocycles. The Balaban J connectivity index is 2.18. The predicted molar refractivity (Wildman–Crippen MR) is 62.7 cm³/mol. The smallest absolute Gasteiger partial charge is 0.167 e. The monoisotopic (exact) mass is 214 g/mol. The fraction of sp³-hybridized carbons (Fsp3) is 0.214. The Morgan fingerprint density at radius 1 is 1.19 bits per heavy atom. The zero-order chi connectivity index (χ0) is 11.5. The van der Waals surface area contributed by atoms with Crippen LogP contribution in [0.3, 0.4) is 0 Å². The number of carbonyl (C=O) groups is 1. The maximum Gasteiger partial charge on any atom is 0.167 e. The number of ketones is 1. The third-order valence-electron chi connectivity index (χ3n) is 2.77. The van der Waals surface area contributed by atoms with Gasteiger partial charge in [0.2, 0.25) is 0 Å². The van der Waals surface area contributed by atoms with Crippen LogP contribution >= 0.6 is 0 Å². The average Bonchev–Trinajstić information content (AvgIpc) is 2.74. The molecule has 2 rings (SSSR count). The van der Waals surface area contributed by atoms with E-state index >= 15 is 0 Å². The highest BCUT2D eigenvalue weighted by Gasteiger charge is 2.08. The lowest BCUT2D eigenvalue weighted by atomic mass is 10.0. The summed E-state index contributed by atoms with van der Waals surface area (Å²) in [4.78, 5) is 11.9. The molecule has 0 atom stereocenters. The second-order valence-corrected chi connectivity index (χ2v) is 4.03. The van der Waals surface area contributed by atoms with Crippen molar-refractivity contribution < 1.29 is 9.21 Å². The largest absolute Gasteiger partial charge is 0.472 e. The third-order valence-corrected chi connectivity index (χ3v) is 2.77. The molecule has 2 heteroatoms. The zero-order valence-electron chi connectivity index (χ0n) is 9.49. The van der Waals surface area contributed by atoms with Crippen molar-refractivity contribution in [3.05, 3.63) is 59.0 Å². The van der Waals surface area contributed by atoms with E-state index in [1.165, 1.54) is 5.56 Å². The summed E-state index contributed by atoms with van der Waals surface area (Å²) >= 11 is 0. The van der Waals surface area contributed by atoms with Crippen molar-refractivity contribution >= 4 is 5.78 Å². The number of rotatable bonds is 3. The Hall–Kier alpha value is -1.83. The van der Waals surface area contributed by atoms with Crippen molar-refractivity contribution in [3.63, 3.8) is 0 Å². The van der Waals surface area contributed by atoms with E-state index in [0.29, 0.717) is 6.42 Å². The van der Waals surface area contributed by atoms with Gasteiger partial charge in [-0.2, -0.15) is 0 Å². The molecular formula is C14H14O2. The van der Waals surface area contributed by atoms with Gasteiger partial charge >= 0.3 is 0 Å². The van der Waals surface area contributed by atoms with Gasteiger partial charge in [-0.05, 0) is 42.7 Å². The Labute approximate surface area is 94.9 Å². The van der Waals surface area contributed by atoms with Gasteiger partial charge in [0.15, 0.2) is 5.78 Å². The standard InChI is InChI=1S/C14H14O2/c1-10-3-4-13(7-11(10)2)14(15)8-12-5-6-16-9-12/h3-7,9H,8H2,1-2H3. The Morgan fingerprint density at radius 2 is 2.00 bits per heavy atom. The average molecular weight is 214 g/mol. The van der Waals surface area contributed by atoms with E-state index in [2.05, 4.69) is 0 Å². The van der Waals surface area contributed by atoms with E-state index in [1.54, 1.807) is 12.5 Å². The second-order valence-electron chi connectivity index (χ2n) is 4.03. The number of benzene rings is 1. The molecule has 82 valence electrons. The first-order valence-electron chi connectivity index (χ1n) is 5.28. The summed E-state index contributed by atoms with van der Waals surface area (Å²) in [7, 11) is 0. The van der Waals surface area contributed by atoms with Gasteiger partial charge in [-0.3, -0.25) is 4.79 Å². The molecule has 1 aromatic heterocycles. The van der Waals surface area contributed by atoms with Crippen LogP contribution in [-0.2, 0) is 6.42 Å². The number of hydrogen-bond donors (Lipinski definition) is 0. The lowest BCUT2D eigenvalue weighted by Gasteiger charge is -2.03. The zero-order valence-corrected chi connectivity index (χ0v) is 9.49. The Morgan fingerprint density at radius 3 is 2.62 bits per heavy atom. The highest BCUT2D eigenvalue weighted by Crippen LogP contribution is 2.13. The van der Waals surface area contributed by atoms with Crippen LogP contribution in [-0.4, -0.2) is 5.78 Å². The first-order chi connectivity index (χ1) is 7.66. The Bertz CT molecular complexity index is 495. The maximum absolute atomic E-state index is 11.9. The van der Waals surface area contributed by atoms with Gasteiger partial charge in [0.05, 0.1) is 12.5 Å². The minimum Gasteiger partial charge on any atom is -0.472 e. The van der Waals surface area contributed by atoms with Crippen LogP contribution in [0.5, 0.6) is 0 Å². The first kappa shape index (κ1) is 10.7. The molecule has 0 aliphatic rings. The summed E-state index contributed by atoms with van der Waals surface area (Å²) in [6.45, 7) is 4.06. The maximum atomic E-state index is 11.9. The van der Waals surface area contributed by atoms with Crippen molar-refractivity contribution in [1.82, 2.24) is 0 Å². The fourth-order valence-electron chi connectivity index (χ4n) is 1.60. The number of hydrogen-bond acceptors (Lipinski definition) is 2. The van der Waals surface area contributed by atoms with Gasteiger partial charge in [-0.1, -0.05) is 12.1 Å². The summed E-state index contributed by atoms with van der Waals surface area (Å²) in [5.41, 5.74) is 4.05. The first-order valence-corrected chi connectivity index (χ1v) is 5.28. The molecule has 0 amide bonds. The van der Waals surface area contributed by atoms with Gasteiger partial charge in [0, 0.05) is 12.0 Å². The quantitative estimate of drug-likeness (QED) is 0.734. The van der Waals surface area contributed by atoms with E-state index < -0.39 is 0 Å². The van der Waals surface area contributed by atoms with Crippen LogP contribution in [0.1, 0.15) is 27.0 Å². The molecule has 1 aromatic carbocycles. The van der Waals surface area contributed by atoms with Crippen LogP contribution < -0.4 is 0 Å². The molecule has 0 aliphatic carbocycles. The number of Topliss-reactive ketones (excluding diaryl/α,β-unsaturated/α-hetero) is 1. The molecule has 2 aromatic rings. The minimum absolute atomic E-state index is 0.129.